The lowest BCUT2D eigenvalue weighted by Gasteiger charge is -2.28. The molecule has 150 valence electrons. The molecular weight excluding hydrogens is 386 g/mol. The van der Waals surface area contributed by atoms with E-state index in [1.807, 2.05) is 17.5 Å². The minimum absolute atomic E-state index is 0.189. The fraction of sp³-hybridized carbons (Fsp3) is 0.273. The number of carbonyl (C=O) groups excluding carboxylic acids is 1. The summed E-state index contributed by atoms with van der Waals surface area (Å²) < 4.78 is 10.5. The molecule has 0 saturated carbocycles. The van der Waals surface area contributed by atoms with E-state index in [9.17, 15) is 4.79 Å². The highest BCUT2D eigenvalue weighted by molar-refractivity contribution is 7.13. The van der Waals surface area contributed by atoms with Crippen molar-refractivity contribution in [3.05, 3.63) is 70.2 Å². The lowest BCUT2D eigenvalue weighted by atomic mass is 9.99. The van der Waals surface area contributed by atoms with E-state index in [4.69, 9.17) is 9.47 Å². The number of rotatable bonds is 6. The van der Waals surface area contributed by atoms with Gasteiger partial charge in [0.05, 0.1) is 19.9 Å². The van der Waals surface area contributed by atoms with Gasteiger partial charge in [-0.05, 0) is 47.9 Å². The molecule has 0 radical (unpaired) electrons. The summed E-state index contributed by atoms with van der Waals surface area (Å²) in [5, 5.41) is 5.49. The maximum Gasteiger partial charge on any atom is 0.257 e. The Labute approximate surface area is 174 Å². The number of fused-ring (bicyclic) bond motifs is 1. The zero-order chi connectivity index (χ0) is 20.2. The van der Waals surface area contributed by atoms with Gasteiger partial charge in [0.1, 0.15) is 11.5 Å². The molecule has 0 fully saturated rings. The first kappa shape index (κ1) is 19.4. The molecule has 0 atom stereocenters. The van der Waals surface area contributed by atoms with E-state index in [0.29, 0.717) is 16.4 Å². The number of hydrogen-bond donors (Lipinski definition) is 1. The molecule has 7 heteroatoms. The van der Waals surface area contributed by atoms with Gasteiger partial charge >= 0.3 is 0 Å². The third-order valence-electron chi connectivity index (χ3n) is 4.99. The number of thiazole rings is 1. The van der Waals surface area contributed by atoms with Crippen LogP contribution in [0, 0.1) is 0 Å². The van der Waals surface area contributed by atoms with Crippen LogP contribution in [0.25, 0.3) is 0 Å². The summed E-state index contributed by atoms with van der Waals surface area (Å²) in [5.74, 6) is 1.37. The zero-order valence-corrected chi connectivity index (χ0v) is 17.3. The van der Waals surface area contributed by atoms with Gasteiger partial charge in [-0.1, -0.05) is 12.1 Å². The SMILES string of the molecule is COc1cccc(C(=O)Nc2nc(CN3CCc4cc(OC)ccc4C3)cs2)c1. The fourth-order valence-electron chi connectivity index (χ4n) is 3.45. The van der Waals surface area contributed by atoms with Crippen LogP contribution in [0.5, 0.6) is 11.5 Å². The van der Waals surface area contributed by atoms with Crippen LogP contribution >= 0.6 is 11.3 Å². The van der Waals surface area contributed by atoms with Crippen LogP contribution < -0.4 is 14.8 Å². The lowest BCUT2D eigenvalue weighted by Crippen LogP contribution is -2.30. The molecule has 0 saturated heterocycles. The van der Waals surface area contributed by atoms with E-state index in [-0.39, 0.29) is 5.91 Å². The number of carbonyl (C=O) groups is 1. The molecule has 0 unspecified atom stereocenters. The van der Waals surface area contributed by atoms with Gasteiger partial charge < -0.3 is 9.47 Å². The Kier molecular flexibility index (Phi) is 5.78. The van der Waals surface area contributed by atoms with Gasteiger partial charge in [0.25, 0.3) is 5.91 Å². The molecule has 29 heavy (non-hydrogen) atoms. The van der Waals surface area contributed by atoms with Crippen molar-refractivity contribution >= 4 is 22.4 Å². The summed E-state index contributed by atoms with van der Waals surface area (Å²) in [5.41, 5.74) is 4.20. The second-order valence-electron chi connectivity index (χ2n) is 6.93. The van der Waals surface area contributed by atoms with Gasteiger partial charge in [0.15, 0.2) is 5.13 Å². The average molecular weight is 410 g/mol. The fourth-order valence-corrected chi connectivity index (χ4v) is 4.15. The number of hydrogen-bond acceptors (Lipinski definition) is 6. The molecule has 1 aromatic heterocycles. The monoisotopic (exact) mass is 409 g/mol. The molecular formula is C22H23N3O3S. The van der Waals surface area contributed by atoms with Crippen molar-refractivity contribution < 1.29 is 14.3 Å². The smallest absolute Gasteiger partial charge is 0.257 e. The molecule has 6 nitrogen and oxygen atoms in total. The number of nitrogens with zero attached hydrogens (tertiary/aromatic N) is 2. The Balaban J connectivity index is 1.37. The van der Waals surface area contributed by atoms with Crippen molar-refractivity contribution in [2.45, 2.75) is 19.5 Å². The van der Waals surface area contributed by atoms with E-state index >= 15 is 0 Å². The van der Waals surface area contributed by atoms with Crippen LogP contribution in [-0.4, -0.2) is 36.6 Å². The van der Waals surface area contributed by atoms with Crippen LogP contribution in [0.2, 0.25) is 0 Å². The Morgan fingerprint density at radius 2 is 1.97 bits per heavy atom. The van der Waals surface area contributed by atoms with Gasteiger partial charge in [0.2, 0.25) is 0 Å². The first-order chi connectivity index (χ1) is 14.1. The molecule has 0 bridgehead atoms. The minimum atomic E-state index is -0.189. The highest BCUT2D eigenvalue weighted by Gasteiger charge is 2.18. The third-order valence-corrected chi connectivity index (χ3v) is 5.80. The molecule has 2 aromatic carbocycles. The van der Waals surface area contributed by atoms with E-state index in [1.54, 1.807) is 32.4 Å². The summed E-state index contributed by atoms with van der Waals surface area (Å²) in [6, 6.07) is 13.4. The summed E-state index contributed by atoms with van der Waals surface area (Å²) in [7, 11) is 3.28. The number of anilines is 1. The second-order valence-corrected chi connectivity index (χ2v) is 7.78. The molecule has 3 aromatic rings. The predicted octanol–water partition coefficient (Wildman–Crippen LogP) is 3.97. The molecule has 4 rings (SSSR count). The number of amides is 1. The quantitative estimate of drug-likeness (QED) is 0.667. The van der Waals surface area contributed by atoms with Crippen molar-refractivity contribution in [3.63, 3.8) is 0 Å². The van der Waals surface area contributed by atoms with Gasteiger partial charge in [-0.25, -0.2) is 4.98 Å². The van der Waals surface area contributed by atoms with Gasteiger partial charge in [-0.3, -0.25) is 15.0 Å². The molecule has 0 spiro atoms. The van der Waals surface area contributed by atoms with E-state index in [1.165, 1.54) is 22.5 Å². The van der Waals surface area contributed by atoms with E-state index in [2.05, 4.69) is 27.3 Å². The maximum absolute atomic E-state index is 12.5. The molecule has 1 aliphatic heterocycles. The van der Waals surface area contributed by atoms with Gasteiger partial charge in [0, 0.05) is 30.6 Å². The Morgan fingerprint density at radius 3 is 2.79 bits per heavy atom. The van der Waals surface area contributed by atoms with Crippen LogP contribution in [0.15, 0.2) is 47.8 Å². The van der Waals surface area contributed by atoms with Crippen LogP contribution in [0.3, 0.4) is 0 Å². The Morgan fingerprint density at radius 1 is 1.14 bits per heavy atom. The number of ether oxygens (including phenoxy) is 2. The number of nitrogens with one attached hydrogen (secondary N) is 1. The summed E-state index contributed by atoms with van der Waals surface area (Å²) in [6.45, 7) is 2.63. The molecule has 1 aliphatic rings. The molecule has 0 aliphatic carbocycles. The van der Waals surface area contributed by atoms with E-state index in [0.717, 1.165) is 37.5 Å². The lowest BCUT2D eigenvalue weighted by molar-refractivity contribution is 0.102. The van der Waals surface area contributed by atoms with Crippen LogP contribution in [-0.2, 0) is 19.5 Å². The predicted molar refractivity (Wildman–Crippen MR) is 114 cm³/mol. The standard InChI is InChI=1S/C22H23N3O3S/c1-27-19-5-3-4-16(11-19)21(26)24-22-23-18(14-29-22)13-25-9-8-15-10-20(28-2)7-6-17(15)12-25/h3-7,10-11,14H,8-9,12-13H2,1-2H3,(H,23,24,26). The van der Waals surface area contributed by atoms with Crippen LogP contribution in [0.1, 0.15) is 27.2 Å². The summed E-state index contributed by atoms with van der Waals surface area (Å²) in [4.78, 5) is 19.4. The zero-order valence-electron chi connectivity index (χ0n) is 16.5. The third kappa shape index (κ3) is 4.58. The first-order valence-corrected chi connectivity index (χ1v) is 10.3. The minimum Gasteiger partial charge on any atom is -0.497 e. The number of methoxy groups -OCH3 is 2. The number of benzene rings is 2. The first-order valence-electron chi connectivity index (χ1n) is 9.42. The van der Waals surface area contributed by atoms with Crippen molar-refractivity contribution in [1.82, 2.24) is 9.88 Å². The van der Waals surface area contributed by atoms with Crippen molar-refractivity contribution in [2.24, 2.45) is 0 Å². The topological polar surface area (TPSA) is 63.7 Å². The summed E-state index contributed by atoms with van der Waals surface area (Å²) in [6.07, 6.45) is 0.996. The van der Waals surface area contributed by atoms with Crippen molar-refractivity contribution in [3.8, 4) is 11.5 Å². The van der Waals surface area contributed by atoms with Gasteiger partial charge in [-0.2, -0.15) is 0 Å². The highest BCUT2D eigenvalue weighted by Crippen LogP contribution is 2.25. The normalized spacial score (nSPS) is 13.6. The summed E-state index contributed by atoms with van der Waals surface area (Å²) >= 11 is 1.44. The van der Waals surface area contributed by atoms with E-state index < -0.39 is 0 Å². The van der Waals surface area contributed by atoms with Crippen molar-refractivity contribution in [1.29, 1.82) is 0 Å². The second kappa shape index (κ2) is 8.63. The van der Waals surface area contributed by atoms with Gasteiger partial charge in [-0.15, -0.1) is 11.3 Å². The molecule has 2 heterocycles. The highest BCUT2D eigenvalue weighted by atomic mass is 32.1. The average Bonchev–Trinajstić information content (AvgIpc) is 3.19. The van der Waals surface area contributed by atoms with Crippen LogP contribution in [0.4, 0.5) is 5.13 Å². The molecule has 1 N–H and O–H groups in total. The largest absolute Gasteiger partial charge is 0.497 e. The Bertz CT molecular complexity index is 1020. The molecule has 1 amide bonds. The Hall–Kier alpha value is -2.90. The number of aromatic nitrogens is 1. The maximum atomic E-state index is 12.5. The van der Waals surface area contributed by atoms with Crippen molar-refractivity contribution in [2.75, 3.05) is 26.1 Å².